The summed E-state index contributed by atoms with van der Waals surface area (Å²) in [6.07, 6.45) is -1.38. The molecule has 10 heteroatoms. The number of rotatable bonds is 3. The number of fused-ring (bicyclic) bond motifs is 1. The molecule has 3 aromatic rings. The topological polar surface area (TPSA) is 71.0 Å². The van der Waals surface area contributed by atoms with E-state index in [1.807, 2.05) is 0 Å². The Morgan fingerprint density at radius 1 is 1.19 bits per heavy atom. The van der Waals surface area contributed by atoms with Crippen LogP contribution in [-0.4, -0.2) is 32.3 Å². The predicted molar refractivity (Wildman–Crippen MR) is 109 cm³/mol. The van der Waals surface area contributed by atoms with Crippen LogP contribution >= 0.6 is 0 Å². The van der Waals surface area contributed by atoms with Gasteiger partial charge in [-0.05, 0) is 41.8 Å². The number of anilines is 1. The van der Waals surface area contributed by atoms with Crippen molar-refractivity contribution < 1.29 is 22.4 Å². The molecule has 0 aliphatic carbocycles. The number of carbonyl (C=O) groups is 1. The van der Waals surface area contributed by atoms with E-state index in [-0.39, 0.29) is 24.1 Å². The van der Waals surface area contributed by atoms with Crippen LogP contribution in [-0.2, 0) is 17.5 Å². The van der Waals surface area contributed by atoms with E-state index in [9.17, 15) is 22.4 Å². The zero-order valence-corrected chi connectivity index (χ0v) is 17.0. The second-order valence-electron chi connectivity index (χ2n) is 7.47. The fourth-order valence-electron chi connectivity index (χ4n) is 3.66. The third-order valence-electron chi connectivity index (χ3n) is 5.23. The van der Waals surface area contributed by atoms with Gasteiger partial charge in [0, 0.05) is 44.0 Å². The highest BCUT2D eigenvalue weighted by Crippen LogP contribution is 2.34. The lowest BCUT2D eigenvalue weighted by molar-refractivity contribution is -0.141. The Balaban J connectivity index is 1.74. The van der Waals surface area contributed by atoms with Crippen LogP contribution in [0.5, 0.6) is 0 Å². The van der Waals surface area contributed by atoms with Gasteiger partial charge in [0.1, 0.15) is 11.6 Å². The lowest BCUT2D eigenvalue weighted by Gasteiger charge is -2.21. The molecule has 2 aromatic heterocycles. The lowest BCUT2D eigenvalue weighted by Crippen LogP contribution is -2.28. The van der Waals surface area contributed by atoms with E-state index in [4.69, 9.17) is 0 Å². The van der Waals surface area contributed by atoms with Crippen molar-refractivity contribution in [2.24, 2.45) is 0 Å². The average Bonchev–Trinajstić information content (AvgIpc) is 2.93. The summed E-state index contributed by atoms with van der Waals surface area (Å²) < 4.78 is 54.4. The summed E-state index contributed by atoms with van der Waals surface area (Å²) in [7, 11) is 0. The molecule has 4 rings (SSSR count). The first kappa shape index (κ1) is 21.7. The van der Waals surface area contributed by atoms with Crippen LogP contribution in [0, 0.1) is 5.82 Å². The standard InChI is InChI=1S/C22H19F4N5O/c1-13(32)31-8-6-18(17-5-4-16(23)9-15(17)12-31)28-20-10-19(22(24,25)26)29-21(30-20)14-3-2-7-27-11-14/h2-5,7,9-11,18H,6,8,12H2,1H3,(H,28,29,30). The molecule has 0 bridgehead atoms. The molecule has 166 valence electrons. The van der Waals surface area contributed by atoms with Gasteiger partial charge in [-0.3, -0.25) is 9.78 Å². The molecule has 1 aromatic carbocycles. The average molecular weight is 445 g/mol. The number of carbonyl (C=O) groups excluding carboxylic acids is 1. The third kappa shape index (κ3) is 4.68. The van der Waals surface area contributed by atoms with Crippen molar-refractivity contribution in [1.82, 2.24) is 19.9 Å². The van der Waals surface area contributed by atoms with E-state index in [0.29, 0.717) is 29.7 Å². The molecule has 1 aliphatic heterocycles. The minimum Gasteiger partial charge on any atom is -0.363 e. The van der Waals surface area contributed by atoms with Crippen LogP contribution in [0.4, 0.5) is 23.4 Å². The number of aromatic nitrogens is 3. The van der Waals surface area contributed by atoms with Gasteiger partial charge in [-0.1, -0.05) is 6.07 Å². The SMILES string of the molecule is CC(=O)N1CCC(Nc2cc(C(F)(F)F)nc(-c3cccnc3)n2)c2ccc(F)cc2C1. The fourth-order valence-corrected chi connectivity index (χ4v) is 3.66. The Morgan fingerprint density at radius 2 is 2.00 bits per heavy atom. The van der Waals surface area contributed by atoms with Crippen LogP contribution in [0.3, 0.4) is 0 Å². The first-order valence-corrected chi connectivity index (χ1v) is 9.88. The van der Waals surface area contributed by atoms with Crippen molar-refractivity contribution in [3.05, 3.63) is 71.4 Å². The molecular formula is C22H19F4N5O. The molecule has 0 saturated heterocycles. The molecule has 1 N–H and O–H groups in total. The minimum absolute atomic E-state index is 0.0253. The Kier molecular flexibility index (Phi) is 5.77. The van der Waals surface area contributed by atoms with Gasteiger partial charge in [-0.15, -0.1) is 0 Å². The maximum atomic E-state index is 13.9. The molecule has 0 saturated carbocycles. The van der Waals surface area contributed by atoms with Crippen LogP contribution in [0.25, 0.3) is 11.4 Å². The van der Waals surface area contributed by atoms with Gasteiger partial charge >= 0.3 is 6.18 Å². The molecule has 3 heterocycles. The van der Waals surface area contributed by atoms with Gasteiger partial charge in [0.05, 0.1) is 6.04 Å². The Labute approximate surface area is 181 Å². The van der Waals surface area contributed by atoms with E-state index in [1.54, 1.807) is 23.1 Å². The summed E-state index contributed by atoms with van der Waals surface area (Å²) in [4.78, 5) is 25.3. The third-order valence-corrected chi connectivity index (χ3v) is 5.23. The largest absolute Gasteiger partial charge is 0.433 e. The number of nitrogens with one attached hydrogen (secondary N) is 1. The normalized spacial score (nSPS) is 16.3. The van der Waals surface area contributed by atoms with Gasteiger partial charge in [0.15, 0.2) is 11.5 Å². The van der Waals surface area contributed by atoms with Crippen LogP contribution in [0.2, 0.25) is 0 Å². The summed E-state index contributed by atoms with van der Waals surface area (Å²) in [6.45, 7) is 2.00. The zero-order chi connectivity index (χ0) is 22.9. The number of hydrogen-bond donors (Lipinski definition) is 1. The Hall–Kier alpha value is -3.56. The summed E-state index contributed by atoms with van der Waals surface area (Å²) >= 11 is 0. The van der Waals surface area contributed by atoms with Gasteiger partial charge < -0.3 is 10.2 Å². The first-order chi connectivity index (χ1) is 15.2. The Morgan fingerprint density at radius 3 is 2.69 bits per heavy atom. The molecule has 0 radical (unpaired) electrons. The highest BCUT2D eigenvalue weighted by molar-refractivity contribution is 5.73. The number of alkyl halides is 3. The summed E-state index contributed by atoms with van der Waals surface area (Å²) in [6, 6.07) is 7.73. The van der Waals surface area contributed by atoms with Crippen molar-refractivity contribution in [3.8, 4) is 11.4 Å². The molecule has 1 amide bonds. The number of pyridine rings is 1. The van der Waals surface area contributed by atoms with Crippen molar-refractivity contribution in [2.45, 2.75) is 32.1 Å². The van der Waals surface area contributed by atoms with Crippen LogP contribution in [0.1, 0.15) is 36.2 Å². The van der Waals surface area contributed by atoms with Gasteiger partial charge in [-0.2, -0.15) is 13.2 Å². The van der Waals surface area contributed by atoms with Crippen molar-refractivity contribution in [3.63, 3.8) is 0 Å². The maximum Gasteiger partial charge on any atom is 0.433 e. The van der Waals surface area contributed by atoms with Crippen molar-refractivity contribution >= 4 is 11.7 Å². The molecule has 0 fully saturated rings. The van der Waals surface area contributed by atoms with Crippen molar-refractivity contribution in [2.75, 3.05) is 11.9 Å². The van der Waals surface area contributed by atoms with E-state index < -0.39 is 23.7 Å². The summed E-state index contributed by atoms with van der Waals surface area (Å²) in [5.74, 6) is -0.759. The van der Waals surface area contributed by atoms with E-state index >= 15 is 0 Å². The maximum absolute atomic E-state index is 13.9. The lowest BCUT2D eigenvalue weighted by atomic mass is 9.99. The number of halogens is 4. The number of amides is 1. The first-order valence-electron chi connectivity index (χ1n) is 9.88. The molecule has 0 spiro atoms. The Bertz CT molecular complexity index is 1140. The fraction of sp³-hybridized carbons (Fsp3) is 0.273. The minimum atomic E-state index is -4.67. The molecule has 32 heavy (non-hydrogen) atoms. The quantitative estimate of drug-likeness (QED) is 0.597. The van der Waals surface area contributed by atoms with Crippen LogP contribution in [0.15, 0.2) is 48.8 Å². The number of nitrogens with zero attached hydrogens (tertiary/aromatic N) is 4. The van der Waals surface area contributed by atoms with Gasteiger partial charge in [0.2, 0.25) is 5.91 Å². The highest BCUT2D eigenvalue weighted by Gasteiger charge is 2.34. The van der Waals surface area contributed by atoms with E-state index in [1.165, 1.54) is 31.5 Å². The number of hydrogen-bond acceptors (Lipinski definition) is 5. The molecule has 1 atom stereocenters. The van der Waals surface area contributed by atoms with Crippen molar-refractivity contribution in [1.29, 1.82) is 0 Å². The molecule has 1 aliphatic rings. The second-order valence-corrected chi connectivity index (χ2v) is 7.47. The van der Waals surface area contributed by atoms with Gasteiger partial charge in [-0.25, -0.2) is 14.4 Å². The summed E-state index contributed by atoms with van der Waals surface area (Å²) in [5, 5.41) is 3.05. The van der Waals surface area contributed by atoms with E-state index in [0.717, 1.165) is 6.07 Å². The molecule has 6 nitrogen and oxygen atoms in total. The zero-order valence-electron chi connectivity index (χ0n) is 17.0. The van der Waals surface area contributed by atoms with E-state index in [2.05, 4.69) is 20.3 Å². The monoisotopic (exact) mass is 445 g/mol. The number of benzene rings is 1. The molecular weight excluding hydrogens is 426 g/mol. The van der Waals surface area contributed by atoms with Gasteiger partial charge in [0.25, 0.3) is 0 Å². The summed E-state index contributed by atoms with van der Waals surface area (Å²) in [5.41, 5.74) is 0.540. The van der Waals surface area contributed by atoms with Crippen LogP contribution < -0.4 is 5.32 Å². The highest BCUT2D eigenvalue weighted by atomic mass is 19.4. The second kappa shape index (κ2) is 8.52. The smallest absolute Gasteiger partial charge is 0.363 e. The molecule has 1 unspecified atom stereocenters. The predicted octanol–water partition coefficient (Wildman–Crippen LogP) is 4.60.